The highest BCUT2D eigenvalue weighted by Gasteiger charge is 2.45. The van der Waals surface area contributed by atoms with Gasteiger partial charge >= 0.3 is 0 Å². The molecule has 2 atom stereocenters. The van der Waals surface area contributed by atoms with Gasteiger partial charge in [0.05, 0.1) is 21.8 Å². The number of aliphatic hydroxyl groups is 1. The Labute approximate surface area is 149 Å². The Hall–Kier alpha value is -1.49. The van der Waals surface area contributed by atoms with Crippen molar-refractivity contribution in [2.24, 2.45) is 0 Å². The molecule has 1 aliphatic carbocycles. The molecule has 1 aromatic carbocycles. The second-order valence-electron chi connectivity index (χ2n) is 5.93. The van der Waals surface area contributed by atoms with Crippen molar-refractivity contribution in [1.29, 1.82) is 0 Å². The maximum absolute atomic E-state index is 15.5. The van der Waals surface area contributed by atoms with Crippen molar-refractivity contribution in [2.45, 2.75) is 37.5 Å². The highest BCUT2D eigenvalue weighted by Crippen LogP contribution is 2.43. The number of alkyl halides is 1. The normalized spacial score (nSPS) is 22.9. The molecule has 0 saturated heterocycles. The van der Waals surface area contributed by atoms with E-state index >= 15 is 4.39 Å². The first kappa shape index (κ1) is 17.3. The van der Waals surface area contributed by atoms with Gasteiger partial charge in [0.2, 0.25) is 0 Å². The molecule has 0 aliphatic heterocycles. The van der Waals surface area contributed by atoms with Crippen LogP contribution in [-0.4, -0.2) is 15.9 Å². The molecule has 1 aromatic heterocycles. The number of Topliss-reactive ketones (excluding diaryl/α,β-unsaturated/α-hetero) is 1. The molecule has 0 fully saturated rings. The second kappa shape index (κ2) is 6.79. The molecule has 2 aromatic rings. The van der Waals surface area contributed by atoms with Gasteiger partial charge in [-0.1, -0.05) is 41.4 Å². The number of fused-ring (bicyclic) bond motifs is 1. The summed E-state index contributed by atoms with van der Waals surface area (Å²) in [7, 11) is 0. The number of hydrogen-bond acceptors (Lipinski definition) is 3. The van der Waals surface area contributed by atoms with E-state index in [0.29, 0.717) is 22.0 Å². The number of nitrogens with zero attached hydrogens (tertiary/aromatic N) is 1. The zero-order valence-corrected chi connectivity index (χ0v) is 14.3. The molecule has 0 bridgehead atoms. The molecule has 126 valence electrons. The van der Waals surface area contributed by atoms with Crippen molar-refractivity contribution in [3.63, 3.8) is 0 Å². The topological polar surface area (TPSA) is 50.2 Å². The van der Waals surface area contributed by atoms with Crippen LogP contribution in [0.4, 0.5) is 4.39 Å². The Morgan fingerprint density at radius 2 is 2.12 bits per heavy atom. The molecule has 0 amide bonds. The Bertz CT molecular complexity index is 783. The van der Waals surface area contributed by atoms with Gasteiger partial charge < -0.3 is 5.11 Å². The molecule has 1 N–H and O–H groups in total. The van der Waals surface area contributed by atoms with Crippen LogP contribution < -0.4 is 0 Å². The molecule has 6 heteroatoms. The lowest BCUT2D eigenvalue weighted by Gasteiger charge is -2.32. The van der Waals surface area contributed by atoms with E-state index in [1.807, 2.05) is 0 Å². The third kappa shape index (κ3) is 3.06. The lowest BCUT2D eigenvalue weighted by Crippen LogP contribution is -2.36. The van der Waals surface area contributed by atoms with Gasteiger partial charge in [0.15, 0.2) is 11.5 Å². The number of aryl methyl sites for hydroxylation is 1. The maximum atomic E-state index is 15.5. The zero-order valence-electron chi connectivity index (χ0n) is 12.8. The van der Waals surface area contributed by atoms with Crippen molar-refractivity contribution in [1.82, 2.24) is 4.98 Å². The summed E-state index contributed by atoms with van der Waals surface area (Å²) in [5.41, 5.74) is -0.983. The van der Waals surface area contributed by atoms with Gasteiger partial charge in [-0.15, -0.1) is 0 Å². The fourth-order valence-corrected chi connectivity index (χ4v) is 3.52. The number of hydrogen-bond donors (Lipinski definition) is 1. The molecule has 1 heterocycles. The van der Waals surface area contributed by atoms with Crippen LogP contribution in [0.25, 0.3) is 0 Å². The minimum absolute atomic E-state index is 0.000984. The predicted octanol–water partition coefficient (Wildman–Crippen LogP) is 4.58. The first-order valence-corrected chi connectivity index (χ1v) is 8.47. The number of aromatic nitrogens is 1. The number of carbonyl (C=O) groups excluding carboxylic acids is 1. The fraction of sp³-hybridized carbons (Fsp3) is 0.333. The summed E-state index contributed by atoms with van der Waals surface area (Å²) >= 11 is 12.1. The molecule has 0 saturated carbocycles. The molecule has 24 heavy (non-hydrogen) atoms. The average molecular weight is 368 g/mol. The van der Waals surface area contributed by atoms with E-state index in [0.717, 1.165) is 0 Å². The van der Waals surface area contributed by atoms with E-state index < -0.39 is 17.6 Å². The monoisotopic (exact) mass is 367 g/mol. The van der Waals surface area contributed by atoms with Crippen LogP contribution in [0.15, 0.2) is 36.5 Å². The summed E-state index contributed by atoms with van der Waals surface area (Å²) in [6, 6.07) is 8.28. The van der Waals surface area contributed by atoms with Crippen LogP contribution in [0.2, 0.25) is 10.0 Å². The molecule has 1 aliphatic rings. The standard InChI is InChI=1S/C18H16Cl2FNO2/c19-13-5-1-3-11(16(13)20)6-7-15(24)18(21)9-8-14(23)17-12(18)4-2-10-22-17/h1-5,10,14,23H,6-9H2/t14-,18+/m1/s1. The average Bonchev–Trinajstić information content (AvgIpc) is 2.59. The Morgan fingerprint density at radius 1 is 1.33 bits per heavy atom. The zero-order chi connectivity index (χ0) is 17.3. The summed E-state index contributed by atoms with van der Waals surface area (Å²) in [4.78, 5) is 16.6. The van der Waals surface area contributed by atoms with Crippen molar-refractivity contribution in [2.75, 3.05) is 0 Å². The third-order valence-electron chi connectivity index (χ3n) is 4.44. The molecule has 3 rings (SSSR count). The van der Waals surface area contributed by atoms with E-state index in [1.165, 1.54) is 12.3 Å². The fourth-order valence-electron chi connectivity index (χ4n) is 3.10. The van der Waals surface area contributed by atoms with Crippen molar-refractivity contribution in [3.8, 4) is 0 Å². The SMILES string of the molecule is O=C(CCc1cccc(Cl)c1Cl)[C@]1(F)CC[C@@H](O)c2ncccc21. The van der Waals surface area contributed by atoms with Crippen molar-refractivity contribution >= 4 is 29.0 Å². The van der Waals surface area contributed by atoms with Gasteiger partial charge in [-0.3, -0.25) is 9.78 Å². The molecular weight excluding hydrogens is 352 g/mol. The minimum Gasteiger partial charge on any atom is -0.387 e. The van der Waals surface area contributed by atoms with E-state index in [-0.39, 0.29) is 30.5 Å². The van der Waals surface area contributed by atoms with Crippen LogP contribution in [0.5, 0.6) is 0 Å². The molecule has 0 unspecified atom stereocenters. The molecule has 3 nitrogen and oxygen atoms in total. The Balaban J connectivity index is 1.82. The smallest absolute Gasteiger partial charge is 0.195 e. The number of aliphatic hydroxyl groups excluding tert-OH is 1. The van der Waals surface area contributed by atoms with Crippen LogP contribution in [0, 0.1) is 0 Å². The Morgan fingerprint density at radius 3 is 2.92 bits per heavy atom. The maximum Gasteiger partial charge on any atom is 0.195 e. The predicted molar refractivity (Wildman–Crippen MR) is 91.0 cm³/mol. The second-order valence-corrected chi connectivity index (χ2v) is 6.71. The largest absolute Gasteiger partial charge is 0.387 e. The lowest BCUT2D eigenvalue weighted by atomic mass is 9.77. The van der Waals surface area contributed by atoms with Gasteiger partial charge in [0.1, 0.15) is 0 Å². The van der Waals surface area contributed by atoms with Gasteiger partial charge in [0.25, 0.3) is 0 Å². The number of halogens is 3. The van der Waals surface area contributed by atoms with E-state index in [4.69, 9.17) is 23.2 Å². The number of rotatable bonds is 4. The number of benzene rings is 1. The summed E-state index contributed by atoms with van der Waals surface area (Å²) in [5.74, 6) is -0.528. The van der Waals surface area contributed by atoms with Crippen molar-refractivity contribution in [3.05, 3.63) is 63.4 Å². The van der Waals surface area contributed by atoms with Crippen LogP contribution in [0.1, 0.15) is 42.2 Å². The van der Waals surface area contributed by atoms with Gasteiger partial charge in [-0.05, 0) is 37.0 Å². The van der Waals surface area contributed by atoms with E-state index in [2.05, 4.69) is 4.98 Å². The summed E-state index contributed by atoms with van der Waals surface area (Å²) in [6.45, 7) is 0. The van der Waals surface area contributed by atoms with Crippen molar-refractivity contribution < 1.29 is 14.3 Å². The molecule has 0 spiro atoms. The molecular formula is C18H16Cl2FNO2. The van der Waals surface area contributed by atoms with E-state index in [9.17, 15) is 9.90 Å². The van der Waals surface area contributed by atoms with Gasteiger partial charge in [-0.2, -0.15) is 0 Å². The first-order valence-electron chi connectivity index (χ1n) is 7.72. The minimum atomic E-state index is -2.12. The number of ketones is 1. The van der Waals surface area contributed by atoms with Crippen LogP contribution in [-0.2, 0) is 16.9 Å². The number of carbonyl (C=O) groups is 1. The molecule has 0 radical (unpaired) electrons. The summed E-state index contributed by atoms with van der Waals surface area (Å²) in [5, 5.41) is 10.8. The van der Waals surface area contributed by atoms with E-state index in [1.54, 1.807) is 24.3 Å². The highest BCUT2D eigenvalue weighted by molar-refractivity contribution is 6.42. The third-order valence-corrected chi connectivity index (χ3v) is 5.30. The number of pyridine rings is 1. The van der Waals surface area contributed by atoms with Crippen LogP contribution in [0.3, 0.4) is 0 Å². The highest BCUT2D eigenvalue weighted by atomic mass is 35.5. The quantitative estimate of drug-likeness (QED) is 0.859. The first-order chi connectivity index (χ1) is 11.4. The Kier molecular flexibility index (Phi) is 4.90. The van der Waals surface area contributed by atoms with Gasteiger partial charge in [-0.25, -0.2) is 4.39 Å². The summed E-state index contributed by atoms with van der Waals surface area (Å²) in [6.07, 6.45) is 1.09. The van der Waals surface area contributed by atoms with Crippen LogP contribution >= 0.6 is 23.2 Å². The lowest BCUT2D eigenvalue weighted by molar-refractivity contribution is -0.133. The summed E-state index contributed by atoms with van der Waals surface area (Å²) < 4.78 is 15.5. The van der Waals surface area contributed by atoms with Gasteiger partial charge in [0, 0.05) is 18.2 Å².